The Bertz CT molecular complexity index is 344. The van der Waals surface area contributed by atoms with E-state index < -0.39 is 0 Å². The van der Waals surface area contributed by atoms with Gasteiger partial charge in [0.25, 0.3) is 0 Å². The van der Waals surface area contributed by atoms with Crippen molar-refractivity contribution in [3.8, 4) is 0 Å². The zero-order chi connectivity index (χ0) is 12.3. The minimum atomic E-state index is 0.0970. The molecule has 4 heteroatoms. The molecule has 1 aliphatic rings. The van der Waals surface area contributed by atoms with Gasteiger partial charge < -0.3 is 15.0 Å². The molecule has 0 aliphatic carbocycles. The Labute approximate surface area is 103 Å². The quantitative estimate of drug-likeness (QED) is 0.874. The van der Waals surface area contributed by atoms with Crippen LogP contribution in [0.1, 0.15) is 50.9 Å². The first-order valence-corrected chi connectivity index (χ1v) is 6.59. The van der Waals surface area contributed by atoms with Gasteiger partial charge in [0.15, 0.2) is 0 Å². The molecule has 0 radical (unpaired) electrons. The lowest BCUT2D eigenvalue weighted by Crippen LogP contribution is -2.26. The predicted octanol–water partition coefficient (Wildman–Crippen LogP) is 2.28. The van der Waals surface area contributed by atoms with Gasteiger partial charge in [-0.25, -0.2) is 4.98 Å². The third-order valence-corrected chi connectivity index (χ3v) is 3.90. The van der Waals surface area contributed by atoms with Gasteiger partial charge >= 0.3 is 0 Å². The largest absolute Gasteiger partial charge is 0.381 e. The van der Waals surface area contributed by atoms with Crippen LogP contribution in [0.3, 0.4) is 0 Å². The monoisotopic (exact) mass is 237 g/mol. The van der Waals surface area contributed by atoms with Crippen molar-refractivity contribution < 1.29 is 4.74 Å². The maximum absolute atomic E-state index is 6.12. The van der Waals surface area contributed by atoms with Crippen LogP contribution in [-0.4, -0.2) is 22.8 Å². The summed E-state index contributed by atoms with van der Waals surface area (Å²) < 4.78 is 7.67. The highest BCUT2D eigenvalue weighted by Gasteiger charge is 2.24. The van der Waals surface area contributed by atoms with E-state index in [1.165, 1.54) is 0 Å². The lowest BCUT2D eigenvalue weighted by atomic mass is 9.92. The van der Waals surface area contributed by atoms with E-state index in [-0.39, 0.29) is 6.04 Å². The molecule has 4 nitrogen and oxygen atoms in total. The predicted molar refractivity (Wildman–Crippen MR) is 67.7 cm³/mol. The number of nitrogens with zero attached hydrogens (tertiary/aromatic N) is 2. The van der Waals surface area contributed by atoms with Gasteiger partial charge in [-0.05, 0) is 32.1 Å². The van der Waals surface area contributed by atoms with E-state index in [1.807, 2.05) is 12.5 Å². The zero-order valence-corrected chi connectivity index (χ0v) is 10.8. The van der Waals surface area contributed by atoms with Gasteiger partial charge in [0, 0.05) is 31.5 Å². The molecule has 17 heavy (non-hydrogen) atoms. The molecule has 2 atom stereocenters. The summed E-state index contributed by atoms with van der Waals surface area (Å²) in [5.74, 6) is 0.681. The van der Waals surface area contributed by atoms with Gasteiger partial charge in [0.1, 0.15) is 0 Å². The molecule has 2 heterocycles. The minimum absolute atomic E-state index is 0.0970. The van der Waals surface area contributed by atoms with E-state index in [0.717, 1.165) is 38.2 Å². The summed E-state index contributed by atoms with van der Waals surface area (Å²) in [6, 6.07) is 0.564. The topological polar surface area (TPSA) is 53.1 Å². The second kappa shape index (κ2) is 5.65. The van der Waals surface area contributed by atoms with Crippen LogP contribution < -0.4 is 5.73 Å². The molecule has 1 aromatic heterocycles. The first-order valence-electron chi connectivity index (χ1n) is 6.59. The maximum atomic E-state index is 6.12. The molecule has 0 spiro atoms. The molecule has 96 valence electrons. The zero-order valence-electron chi connectivity index (χ0n) is 10.8. The molecular weight excluding hydrogens is 214 g/mol. The Balaban J connectivity index is 2.12. The van der Waals surface area contributed by atoms with Gasteiger partial charge in [0.2, 0.25) is 0 Å². The van der Waals surface area contributed by atoms with Gasteiger partial charge in [-0.2, -0.15) is 0 Å². The number of rotatable bonds is 4. The Hall–Kier alpha value is -0.870. The van der Waals surface area contributed by atoms with Crippen LogP contribution in [0.5, 0.6) is 0 Å². The average Bonchev–Trinajstić information content (AvgIpc) is 2.87. The Morgan fingerprint density at radius 3 is 2.88 bits per heavy atom. The summed E-state index contributed by atoms with van der Waals surface area (Å²) in [5.41, 5.74) is 7.28. The van der Waals surface area contributed by atoms with E-state index >= 15 is 0 Å². The van der Waals surface area contributed by atoms with Crippen LogP contribution in [0.25, 0.3) is 0 Å². The van der Waals surface area contributed by atoms with Crippen LogP contribution in [0.2, 0.25) is 0 Å². The summed E-state index contributed by atoms with van der Waals surface area (Å²) in [4.78, 5) is 4.26. The van der Waals surface area contributed by atoms with E-state index in [2.05, 4.69) is 23.4 Å². The highest BCUT2D eigenvalue weighted by molar-refractivity contribution is 5.06. The van der Waals surface area contributed by atoms with Crippen LogP contribution in [0, 0.1) is 5.92 Å². The second-order valence-corrected chi connectivity index (χ2v) is 4.93. The standard InChI is InChI=1S/C13H23N3O/c1-3-12(14)13-8-15-9-16(13)10(2)11-4-6-17-7-5-11/h8-12H,3-7,14H2,1-2H3/t10?,12-/m1/s1. The number of imidazole rings is 1. The van der Waals surface area contributed by atoms with Crippen molar-refractivity contribution >= 4 is 0 Å². The smallest absolute Gasteiger partial charge is 0.0951 e. The third-order valence-electron chi connectivity index (χ3n) is 3.90. The summed E-state index contributed by atoms with van der Waals surface area (Å²) in [6.07, 6.45) is 7.06. The van der Waals surface area contributed by atoms with Crippen molar-refractivity contribution in [2.45, 2.75) is 45.2 Å². The van der Waals surface area contributed by atoms with Crippen molar-refractivity contribution in [2.24, 2.45) is 11.7 Å². The number of hydrogen-bond acceptors (Lipinski definition) is 3. The molecule has 1 saturated heterocycles. The number of ether oxygens (including phenoxy) is 1. The van der Waals surface area contributed by atoms with Crippen molar-refractivity contribution in [2.75, 3.05) is 13.2 Å². The van der Waals surface area contributed by atoms with Gasteiger partial charge in [-0.15, -0.1) is 0 Å². The molecule has 0 aromatic carbocycles. The molecule has 1 unspecified atom stereocenters. The molecular formula is C13H23N3O. The highest BCUT2D eigenvalue weighted by Crippen LogP contribution is 2.29. The lowest BCUT2D eigenvalue weighted by Gasteiger charge is -2.30. The van der Waals surface area contributed by atoms with Gasteiger partial charge in [-0.3, -0.25) is 0 Å². The SMILES string of the molecule is CC[C@@H](N)c1cncn1C(C)C1CCOCC1. The summed E-state index contributed by atoms with van der Waals surface area (Å²) in [6.45, 7) is 6.16. The van der Waals surface area contributed by atoms with Gasteiger partial charge in [0.05, 0.1) is 12.0 Å². The fourth-order valence-electron chi connectivity index (χ4n) is 2.58. The highest BCUT2D eigenvalue weighted by atomic mass is 16.5. The van der Waals surface area contributed by atoms with Crippen LogP contribution >= 0.6 is 0 Å². The summed E-state index contributed by atoms with van der Waals surface area (Å²) >= 11 is 0. The molecule has 0 amide bonds. The van der Waals surface area contributed by atoms with Crippen molar-refractivity contribution in [1.29, 1.82) is 0 Å². The number of nitrogens with two attached hydrogens (primary N) is 1. The summed E-state index contributed by atoms with van der Waals surface area (Å²) in [5, 5.41) is 0. The van der Waals surface area contributed by atoms with E-state index in [9.17, 15) is 0 Å². The molecule has 1 aromatic rings. The number of hydrogen-bond donors (Lipinski definition) is 1. The van der Waals surface area contributed by atoms with Crippen LogP contribution in [0.4, 0.5) is 0 Å². The van der Waals surface area contributed by atoms with E-state index in [1.54, 1.807) is 0 Å². The van der Waals surface area contributed by atoms with Gasteiger partial charge in [-0.1, -0.05) is 6.92 Å². The normalized spacial score (nSPS) is 21.4. The first-order chi connectivity index (χ1) is 8.24. The molecule has 1 fully saturated rings. The molecule has 1 aliphatic heterocycles. The molecule has 2 N–H and O–H groups in total. The van der Waals surface area contributed by atoms with E-state index in [4.69, 9.17) is 10.5 Å². The van der Waals surface area contributed by atoms with Crippen molar-refractivity contribution in [3.63, 3.8) is 0 Å². The Morgan fingerprint density at radius 2 is 2.24 bits per heavy atom. The molecule has 0 saturated carbocycles. The Morgan fingerprint density at radius 1 is 1.53 bits per heavy atom. The lowest BCUT2D eigenvalue weighted by molar-refractivity contribution is 0.0508. The second-order valence-electron chi connectivity index (χ2n) is 4.93. The number of aromatic nitrogens is 2. The van der Waals surface area contributed by atoms with E-state index in [0.29, 0.717) is 12.0 Å². The third kappa shape index (κ3) is 2.69. The fourth-order valence-corrected chi connectivity index (χ4v) is 2.58. The van der Waals surface area contributed by atoms with Crippen LogP contribution in [0.15, 0.2) is 12.5 Å². The Kier molecular flexibility index (Phi) is 4.18. The fraction of sp³-hybridized carbons (Fsp3) is 0.769. The first kappa shape index (κ1) is 12.6. The minimum Gasteiger partial charge on any atom is -0.381 e. The van der Waals surface area contributed by atoms with Crippen molar-refractivity contribution in [3.05, 3.63) is 18.2 Å². The molecule has 2 rings (SSSR count). The molecule has 0 bridgehead atoms. The maximum Gasteiger partial charge on any atom is 0.0951 e. The summed E-state index contributed by atoms with van der Waals surface area (Å²) in [7, 11) is 0. The average molecular weight is 237 g/mol. The van der Waals surface area contributed by atoms with Crippen molar-refractivity contribution in [1.82, 2.24) is 9.55 Å². The van der Waals surface area contributed by atoms with Crippen LogP contribution in [-0.2, 0) is 4.74 Å².